The SMILES string of the molecule is CC1=NOCCC(C)=C1c1ccc2c(C(=O)Nc3ccc(C#N)cc3C(=O)O)noc2c1. The lowest BCUT2D eigenvalue weighted by molar-refractivity contribution is 0.0698. The summed E-state index contributed by atoms with van der Waals surface area (Å²) in [6.07, 6.45) is 0.745. The summed E-state index contributed by atoms with van der Waals surface area (Å²) in [5, 5.41) is 29.4. The van der Waals surface area contributed by atoms with Crippen LogP contribution in [0.15, 0.2) is 51.7 Å². The molecule has 0 radical (unpaired) electrons. The number of nitriles is 1. The van der Waals surface area contributed by atoms with E-state index in [9.17, 15) is 14.7 Å². The summed E-state index contributed by atoms with van der Waals surface area (Å²) in [5.41, 5.74) is 4.16. The second-order valence-electron chi connectivity index (χ2n) is 7.29. The number of aromatic carboxylic acids is 1. The zero-order valence-electron chi connectivity index (χ0n) is 17.3. The van der Waals surface area contributed by atoms with Crippen LogP contribution in [0.5, 0.6) is 0 Å². The molecule has 4 rings (SSSR count). The van der Waals surface area contributed by atoms with Gasteiger partial charge in [0.1, 0.15) is 6.61 Å². The minimum atomic E-state index is -1.26. The average molecular weight is 430 g/mol. The Balaban J connectivity index is 1.68. The first-order valence-electron chi connectivity index (χ1n) is 9.74. The standard InChI is InChI=1S/C23H18N4O5/c1-12-7-8-31-26-13(2)20(12)15-4-5-16-19(10-15)32-27-21(16)22(28)25-18-6-3-14(11-24)9-17(18)23(29)30/h3-6,9-10H,7-8H2,1-2H3,(H,25,28)(H,29,30). The molecule has 3 aromatic rings. The quantitative estimate of drug-likeness (QED) is 0.632. The van der Waals surface area contributed by atoms with Crippen molar-refractivity contribution in [2.24, 2.45) is 5.16 Å². The van der Waals surface area contributed by atoms with Crippen molar-refractivity contribution in [2.75, 3.05) is 11.9 Å². The van der Waals surface area contributed by atoms with E-state index in [4.69, 9.17) is 14.6 Å². The van der Waals surface area contributed by atoms with Crippen molar-refractivity contribution in [1.82, 2.24) is 5.16 Å². The highest BCUT2D eigenvalue weighted by atomic mass is 16.6. The number of aromatic nitrogens is 1. The van der Waals surface area contributed by atoms with E-state index in [1.165, 1.54) is 18.2 Å². The minimum absolute atomic E-state index is 0.0209. The largest absolute Gasteiger partial charge is 0.478 e. The van der Waals surface area contributed by atoms with Crippen LogP contribution in [0.4, 0.5) is 5.69 Å². The fraction of sp³-hybridized carbons (Fsp3) is 0.174. The van der Waals surface area contributed by atoms with Gasteiger partial charge in [0.25, 0.3) is 5.91 Å². The summed E-state index contributed by atoms with van der Waals surface area (Å²) >= 11 is 0. The van der Waals surface area contributed by atoms with Crippen LogP contribution in [0, 0.1) is 11.3 Å². The molecule has 1 aliphatic heterocycles. The summed E-state index contributed by atoms with van der Waals surface area (Å²) in [6.45, 7) is 4.39. The minimum Gasteiger partial charge on any atom is -0.478 e. The lowest BCUT2D eigenvalue weighted by atomic mass is 9.95. The van der Waals surface area contributed by atoms with Crippen molar-refractivity contribution in [3.63, 3.8) is 0 Å². The van der Waals surface area contributed by atoms with Crippen molar-refractivity contribution < 1.29 is 24.1 Å². The van der Waals surface area contributed by atoms with Crippen LogP contribution in [-0.4, -0.2) is 34.5 Å². The van der Waals surface area contributed by atoms with Crippen molar-refractivity contribution in [2.45, 2.75) is 20.3 Å². The lowest BCUT2D eigenvalue weighted by Crippen LogP contribution is -2.15. The Hall–Kier alpha value is -4.45. The Kier molecular flexibility index (Phi) is 5.43. The molecule has 32 heavy (non-hydrogen) atoms. The van der Waals surface area contributed by atoms with E-state index in [2.05, 4.69) is 15.6 Å². The highest BCUT2D eigenvalue weighted by Gasteiger charge is 2.21. The highest BCUT2D eigenvalue weighted by molar-refractivity contribution is 6.24. The molecule has 1 aromatic heterocycles. The molecule has 0 saturated heterocycles. The molecule has 2 heterocycles. The topological polar surface area (TPSA) is 138 Å². The van der Waals surface area contributed by atoms with Crippen molar-refractivity contribution in [3.8, 4) is 6.07 Å². The van der Waals surface area contributed by atoms with Crippen LogP contribution in [0.1, 0.15) is 52.2 Å². The van der Waals surface area contributed by atoms with E-state index in [1.54, 1.807) is 12.1 Å². The monoisotopic (exact) mass is 430 g/mol. The molecule has 0 spiro atoms. The summed E-state index contributed by atoms with van der Waals surface area (Å²) in [7, 11) is 0. The van der Waals surface area contributed by atoms with E-state index in [-0.39, 0.29) is 22.5 Å². The number of nitrogens with one attached hydrogen (secondary N) is 1. The van der Waals surface area contributed by atoms with Crippen molar-refractivity contribution in [1.29, 1.82) is 5.26 Å². The van der Waals surface area contributed by atoms with Crippen molar-refractivity contribution >= 4 is 39.8 Å². The van der Waals surface area contributed by atoms with Gasteiger partial charge in [-0.05, 0) is 49.7 Å². The molecule has 160 valence electrons. The summed E-state index contributed by atoms with van der Waals surface area (Å²) in [5.74, 6) is -1.89. The molecule has 0 saturated carbocycles. The molecular formula is C23H18N4O5. The van der Waals surface area contributed by atoms with Gasteiger partial charge in [0, 0.05) is 12.0 Å². The lowest BCUT2D eigenvalue weighted by Gasteiger charge is -2.09. The first-order chi connectivity index (χ1) is 15.4. The molecule has 9 heteroatoms. The number of anilines is 1. The molecule has 0 bridgehead atoms. The number of carboxylic acid groups (broad SMARTS) is 1. The second kappa shape index (κ2) is 8.35. The maximum Gasteiger partial charge on any atom is 0.337 e. The van der Waals surface area contributed by atoms with E-state index in [0.29, 0.717) is 17.6 Å². The molecule has 0 unspecified atom stereocenters. The maximum atomic E-state index is 12.8. The van der Waals surface area contributed by atoms with E-state index < -0.39 is 11.9 Å². The molecule has 0 atom stereocenters. The van der Waals surface area contributed by atoms with Crippen LogP contribution in [0.3, 0.4) is 0 Å². The number of oxime groups is 1. The number of nitrogens with zero attached hydrogens (tertiary/aromatic N) is 3. The fourth-order valence-corrected chi connectivity index (χ4v) is 3.61. The third kappa shape index (κ3) is 3.81. The summed E-state index contributed by atoms with van der Waals surface area (Å²) in [4.78, 5) is 29.6. The van der Waals surface area contributed by atoms with Gasteiger partial charge in [0.15, 0.2) is 11.3 Å². The Bertz CT molecular complexity index is 1360. The van der Waals surface area contributed by atoms with Crippen LogP contribution in [0.25, 0.3) is 16.5 Å². The number of amides is 1. The highest BCUT2D eigenvalue weighted by Crippen LogP contribution is 2.29. The molecule has 2 aromatic carbocycles. The zero-order valence-corrected chi connectivity index (χ0v) is 17.3. The number of rotatable bonds is 4. The number of carbonyl (C=O) groups is 2. The molecule has 2 N–H and O–H groups in total. The Morgan fingerprint density at radius 1 is 1.19 bits per heavy atom. The predicted molar refractivity (Wildman–Crippen MR) is 116 cm³/mol. The van der Waals surface area contributed by atoms with Crippen molar-refractivity contribution in [3.05, 3.63) is 64.4 Å². The predicted octanol–water partition coefficient (Wildman–Crippen LogP) is 4.22. The van der Waals surface area contributed by atoms with Gasteiger partial charge in [-0.15, -0.1) is 0 Å². The number of hydrogen-bond donors (Lipinski definition) is 2. The molecular weight excluding hydrogens is 412 g/mol. The maximum absolute atomic E-state index is 12.8. The fourth-order valence-electron chi connectivity index (χ4n) is 3.61. The zero-order chi connectivity index (χ0) is 22.8. The summed E-state index contributed by atoms with van der Waals surface area (Å²) < 4.78 is 5.39. The first-order valence-corrected chi connectivity index (χ1v) is 9.74. The Morgan fingerprint density at radius 2 is 2.00 bits per heavy atom. The van der Waals surface area contributed by atoms with Gasteiger partial charge < -0.3 is 19.8 Å². The molecule has 9 nitrogen and oxygen atoms in total. The number of carboxylic acids is 1. The smallest absolute Gasteiger partial charge is 0.337 e. The Morgan fingerprint density at radius 3 is 2.75 bits per heavy atom. The van der Waals surface area contributed by atoms with Gasteiger partial charge >= 0.3 is 5.97 Å². The summed E-state index contributed by atoms with van der Waals surface area (Å²) in [6, 6.07) is 11.2. The normalized spacial score (nSPS) is 13.7. The molecule has 0 aliphatic carbocycles. The number of fused-ring (bicyclic) bond motifs is 1. The van der Waals surface area contributed by atoms with Crippen LogP contribution in [-0.2, 0) is 4.84 Å². The van der Waals surface area contributed by atoms with E-state index in [0.717, 1.165) is 28.8 Å². The van der Waals surface area contributed by atoms with Gasteiger partial charge in [0.2, 0.25) is 0 Å². The number of hydrogen-bond acceptors (Lipinski definition) is 7. The van der Waals surface area contributed by atoms with E-state index in [1.807, 2.05) is 26.0 Å². The molecule has 1 amide bonds. The van der Waals surface area contributed by atoms with Gasteiger partial charge in [-0.2, -0.15) is 5.26 Å². The first kappa shape index (κ1) is 20.8. The number of benzene rings is 2. The van der Waals surface area contributed by atoms with E-state index >= 15 is 0 Å². The number of allylic oxidation sites excluding steroid dienone is 1. The van der Waals surface area contributed by atoms with Crippen LogP contribution >= 0.6 is 0 Å². The molecule has 0 fully saturated rings. The van der Waals surface area contributed by atoms with Gasteiger partial charge in [-0.3, -0.25) is 4.79 Å². The van der Waals surface area contributed by atoms with Gasteiger partial charge in [0.05, 0.1) is 34.0 Å². The average Bonchev–Trinajstić information content (AvgIpc) is 3.12. The van der Waals surface area contributed by atoms with Crippen LogP contribution in [0.2, 0.25) is 0 Å². The van der Waals surface area contributed by atoms with Crippen LogP contribution < -0.4 is 5.32 Å². The number of carbonyl (C=O) groups excluding carboxylic acids is 1. The third-order valence-corrected chi connectivity index (χ3v) is 5.16. The van der Waals surface area contributed by atoms with Gasteiger partial charge in [-0.25, -0.2) is 4.79 Å². The van der Waals surface area contributed by atoms with Gasteiger partial charge in [-0.1, -0.05) is 22.0 Å². The third-order valence-electron chi connectivity index (χ3n) is 5.16. The molecule has 1 aliphatic rings. The Labute approximate surface area is 182 Å². The second-order valence-corrected chi connectivity index (χ2v) is 7.29.